The molecule has 0 bridgehead atoms. The zero-order valence-electron chi connectivity index (χ0n) is 18.2. The molecule has 0 saturated heterocycles. The Morgan fingerprint density at radius 3 is 2.69 bits per heavy atom. The number of hydrogen-bond acceptors (Lipinski definition) is 4. The highest BCUT2D eigenvalue weighted by atomic mass is 127. The van der Waals surface area contributed by atoms with Gasteiger partial charge in [0.25, 0.3) is 5.91 Å². The van der Waals surface area contributed by atoms with Gasteiger partial charge in [-0.2, -0.15) is 0 Å². The van der Waals surface area contributed by atoms with Crippen LogP contribution < -0.4 is 20.3 Å². The largest absolute Gasteiger partial charge is 0.482 e. The Hall–Kier alpha value is -1.55. The molecule has 0 radical (unpaired) electrons. The Kier molecular flexibility index (Phi) is 10.7. The third-order valence-electron chi connectivity index (χ3n) is 4.67. The number of nitrogens with zero attached hydrogens (tertiary/aromatic N) is 2. The maximum atomic E-state index is 12.2. The molecule has 0 spiro atoms. The second kappa shape index (κ2) is 12.2. The first-order valence-corrected chi connectivity index (χ1v) is 9.94. The van der Waals surface area contributed by atoms with Gasteiger partial charge in [0.2, 0.25) is 0 Å². The zero-order chi connectivity index (χ0) is 20.6. The van der Waals surface area contributed by atoms with Crippen molar-refractivity contribution in [1.29, 1.82) is 0 Å². The lowest BCUT2D eigenvalue weighted by molar-refractivity contribution is -0.121. The Balaban J connectivity index is 0.00000420. The number of para-hydroxylation sites is 2. The van der Waals surface area contributed by atoms with E-state index in [4.69, 9.17) is 9.47 Å². The number of anilines is 1. The van der Waals surface area contributed by atoms with Crippen molar-refractivity contribution in [1.82, 2.24) is 10.6 Å². The number of methoxy groups -OCH3 is 1. The minimum Gasteiger partial charge on any atom is -0.482 e. The molecule has 1 aromatic rings. The molecule has 1 amide bonds. The van der Waals surface area contributed by atoms with Crippen molar-refractivity contribution in [3.05, 3.63) is 24.3 Å². The van der Waals surface area contributed by atoms with E-state index in [9.17, 15) is 4.79 Å². The number of hydrogen-bond donors (Lipinski definition) is 2. The fraction of sp³-hybridized carbons (Fsp3) is 0.619. The molecule has 7 nitrogen and oxygen atoms in total. The molecular formula is C21H35IN4O3. The van der Waals surface area contributed by atoms with E-state index in [1.54, 1.807) is 12.0 Å². The third-order valence-corrected chi connectivity index (χ3v) is 4.67. The first-order chi connectivity index (χ1) is 13.4. The summed E-state index contributed by atoms with van der Waals surface area (Å²) in [6.45, 7) is 11.3. The molecule has 29 heavy (non-hydrogen) atoms. The first-order valence-electron chi connectivity index (χ1n) is 9.94. The summed E-state index contributed by atoms with van der Waals surface area (Å²) >= 11 is 0. The summed E-state index contributed by atoms with van der Waals surface area (Å²) in [5, 5.41) is 6.60. The number of fused-ring (bicyclic) bond motifs is 1. The number of halogens is 1. The summed E-state index contributed by atoms with van der Waals surface area (Å²) in [6, 6.07) is 7.65. The van der Waals surface area contributed by atoms with E-state index in [0.717, 1.165) is 30.4 Å². The number of amides is 1. The van der Waals surface area contributed by atoms with Gasteiger partial charge < -0.3 is 25.0 Å². The SMILES string of the molecule is CCNC(=NCC(OC)C(C)(C)C)NCCCN1C(=O)COc2ccccc21.I. The number of guanidine groups is 1. The highest BCUT2D eigenvalue weighted by molar-refractivity contribution is 14.0. The zero-order valence-corrected chi connectivity index (χ0v) is 20.5. The monoisotopic (exact) mass is 518 g/mol. The van der Waals surface area contributed by atoms with Gasteiger partial charge in [0.1, 0.15) is 5.75 Å². The average Bonchev–Trinajstić information content (AvgIpc) is 2.65. The van der Waals surface area contributed by atoms with Gasteiger partial charge >= 0.3 is 0 Å². The van der Waals surface area contributed by atoms with E-state index in [1.807, 2.05) is 31.2 Å². The predicted molar refractivity (Wildman–Crippen MR) is 129 cm³/mol. The fourth-order valence-electron chi connectivity index (χ4n) is 3.06. The predicted octanol–water partition coefficient (Wildman–Crippen LogP) is 3.04. The van der Waals surface area contributed by atoms with Crippen LogP contribution in [-0.2, 0) is 9.53 Å². The Morgan fingerprint density at radius 2 is 2.03 bits per heavy atom. The van der Waals surface area contributed by atoms with Crippen molar-refractivity contribution in [3.8, 4) is 5.75 Å². The lowest BCUT2D eigenvalue weighted by atomic mass is 9.89. The molecule has 1 aromatic carbocycles. The topological polar surface area (TPSA) is 75.2 Å². The number of aliphatic imine (C=N–C) groups is 1. The van der Waals surface area contributed by atoms with Crippen LogP contribution in [0.5, 0.6) is 5.75 Å². The van der Waals surface area contributed by atoms with Crippen LogP contribution in [0.4, 0.5) is 5.69 Å². The number of carbonyl (C=O) groups excluding carboxylic acids is 1. The van der Waals surface area contributed by atoms with Crippen LogP contribution in [0.25, 0.3) is 0 Å². The van der Waals surface area contributed by atoms with Gasteiger partial charge in [-0.25, -0.2) is 0 Å². The molecule has 1 unspecified atom stereocenters. The van der Waals surface area contributed by atoms with E-state index >= 15 is 0 Å². The Labute approximate surface area is 191 Å². The lowest BCUT2D eigenvalue weighted by Gasteiger charge is -2.29. The molecule has 0 aliphatic carbocycles. The number of rotatable bonds is 8. The van der Waals surface area contributed by atoms with Crippen molar-refractivity contribution in [2.24, 2.45) is 10.4 Å². The molecular weight excluding hydrogens is 483 g/mol. The van der Waals surface area contributed by atoms with Crippen LogP contribution in [0, 0.1) is 5.41 Å². The standard InChI is InChI=1S/C21H34N4O3.HI/c1-6-22-20(24-14-18(27-5)21(2,3)4)23-12-9-13-25-16-10-7-8-11-17(16)28-15-19(25)26;/h7-8,10-11,18H,6,9,12-15H2,1-5H3,(H2,22,23,24);1H. The van der Waals surface area contributed by atoms with Gasteiger partial charge in [0.05, 0.1) is 18.3 Å². The smallest absolute Gasteiger partial charge is 0.265 e. The van der Waals surface area contributed by atoms with E-state index in [1.165, 1.54) is 0 Å². The molecule has 0 aromatic heterocycles. The summed E-state index contributed by atoms with van der Waals surface area (Å²) in [6.07, 6.45) is 0.850. The molecule has 2 rings (SSSR count). The van der Waals surface area contributed by atoms with E-state index in [-0.39, 0.29) is 48.0 Å². The van der Waals surface area contributed by atoms with E-state index in [0.29, 0.717) is 19.6 Å². The van der Waals surface area contributed by atoms with Crippen LogP contribution >= 0.6 is 24.0 Å². The van der Waals surface area contributed by atoms with Crippen molar-refractivity contribution in [3.63, 3.8) is 0 Å². The van der Waals surface area contributed by atoms with E-state index in [2.05, 4.69) is 36.4 Å². The molecule has 1 heterocycles. The minimum absolute atomic E-state index is 0. The highest BCUT2D eigenvalue weighted by Crippen LogP contribution is 2.31. The number of ether oxygens (including phenoxy) is 2. The summed E-state index contributed by atoms with van der Waals surface area (Å²) in [7, 11) is 1.73. The van der Waals surface area contributed by atoms with Crippen LogP contribution in [0.1, 0.15) is 34.1 Å². The van der Waals surface area contributed by atoms with Crippen molar-refractivity contribution < 1.29 is 14.3 Å². The quantitative estimate of drug-likeness (QED) is 0.240. The van der Waals surface area contributed by atoms with Crippen LogP contribution in [-0.4, -0.2) is 57.9 Å². The number of carbonyl (C=O) groups is 1. The maximum absolute atomic E-state index is 12.2. The maximum Gasteiger partial charge on any atom is 0.265 e. The highest BCUT2D eigenvalue weighted by Gasteiger charge is 2.25. The Morgan fingerprint density at radius 1 is 1.31 bits per heavy atom. The second-order valence-corrected chi connectivity index (χ2v) is 7.89. The van der Waals surface area contributed by atoms with Gasteiger partial charge in [-0.1, -0.05) is 32.9 Å². The van der Waals surface area contributed by atoms with Gasteiger partial charge in [-0.05, 0) is 30.9 Å². The second-order valence-electron chi connectivity index (χ2n) is 7.89. The number of benzene rings is 1. The van der Waals surface area contributed by atoms with Crippen molar-refractivity contribution in [2.75, 3.05) is 44.8 Å². The normalized spacial score (nSPS) is 15.1. The van der Waals surface area contributed by atoms with Gasteiger partial charge in [0, 0.05) is 26.7 Å². The summed E-state index contributed by atoms with van der Waals surface area (Å²) in [5.74, 6) is 1.52. The lowest BCUT2D eigenvalue weighted by Crippen LogP contribution is -2.42. The van der Waals surface area contributed by atoms with Gasteiger partial charge in [-0.15, -0.1) is 24.0 Å². The first kappa shape index (κ1) is 25.5. The van der Waals surface area contributed by atoms with Gasteiger partial charge in [-0.3, -0.25) is 9.79 Å². The molecule has 0 fully saturated rings. The third kappa shape index (κ3) is 7.65. The average molecular weight is 518 g/mol. The van der Waals surface area contributed by atoms with Crippen molar-refractivity contribution >= 4 is 41.5 Å². The summed E-state index contributed by atoms with van der Waals surface area (Å²) < 4.78 is 11.1. The molecule has 1 atom stereocenters. The van der Waals surface area contributed by atoms with E-state index < -0.39 is 0 Å². The number of nitrogens with one attached hydrogen (secondary N) is 2. The molecule has 2 N–H and O–H groups in total. The van der Waals surface area contributed by atoms with Gasteiger partial charge in [0.15, 0.2) is 12.6 Å². The van der Waals surface area contributed by atoms with Crippen molar-refractivity contribution in [2.45, 2.75) is 40.2 Å². The van der Waals surface area contributed by atoms with Crippen LogP contribution in [0.15, 0.2) is 29.3 Å². The molecule has 0 saturated carbocycles. The minimum atomic E-state index is -0.00705. The molecule has 164 valence electrons. The molecule has 8 heteroatoms. The Bertz CT molecular complexity index is 676. The van der Waals surface area contributed by atoms with Crippen LogP contribution in [0.2, 0.25) is 0 Å². The fourth-order valence-corrected chi connectivity index (χ4v) is 3.06. The molecule has 1 aliphatic heterocycles. The summed E-state index contributed by atoms with van der Waals surface area (Å²) in [4.78, 5) is 18.7. The molecule has 1 aliphatic rings. The van der Waals surface area contributed by atoms with Crippen LogP contribution in [0.3, 0.4) is 0 Å². The summed E-state index contributed by atoms with van der Waals surface area (Å²) in [5.41, 5.74) is 0.868.